The van der Waals surface area contributed by atoms with Crippen LogP contribution in [0.1, 0.15) is 44.1 Å². The van der Waals surface area contributed by atoms with Crippen molar-refractivity contribution in [2.45, 2.75) is 51.0 Å². The zero-order chi connectivity index (χ0) is 14.5. The summed E-state index contributed by atoms with van der Waals surface area (Å²) in [4.78, 5) is 2.67. The van der Waals surface area contributed by atoms with Crippen LogP contribution in [0.25, 0.3) is 0 Å². The molecule has 2 nitrogen and oxygen atoms in total. The fourth-order valence-electron chi connectivity index (χ4n) is 4.13. The first-order valence-electron chi connectivity index (χ1n) is 8.83. The highest BCUT2D eigenvalue weighted by Gasteiger charge is 2.25. The number of nitrogens with zero attached hydrogens (tertiary/aromatic N) is 1. The van der Waals surface area contributed by atoms with Gasteiger partial charge in [0.25, 0.3) is 0 Å². The molecule has 0 spiro atoms. The van der Waals surface area contributed by atoms with Gasteiger partial charge in [0.2, 0.25) is 0 Å². The SMILES string of the molecule is NC1CCCC1CCN1CCC(Cc2ccccc2)CC1. The predicted molar refractivity (Wildman–Crippen MR) is 89.2 cm³/mol. The summed E-state index contributed by atoms with van der Waals surface area (Å²) in [5.41, 5.74) is 7.69. The summed E-state index contributed by atoms with van der Waals surface area (Å²) < 4.78 is 0. The van der Waals surface area contributed by atoms with Crippen molar-refractivity contribution in [3.63, 3.8) is 0 Å². The Hall–Kier alpha value is -0.860. The maximum Gasteiger partial charge on any atom is 0.00676 e. The van der Waals surface area contributed by atoms with E-state index >= 15 is 0 Å². The van der Waals surface area contributed by atoms with Crippen molar-refractivity contribution < 1.29 is 0 Å². The lowest BCUT2D eigenvalue weighted by atomic mass is 9.90. The van der Waals surface area contributed by atoms with Gasteiger partial charge in [-0.3, -0.25) is 0 Å². The maximum absolute atomic E-state index is 6.18. The molecule has 21 heavy (non-hydrogen) atoms. The molecule has 0 radical (unpaired) electrons. The fraction of sp³-hybridized carbons (Fsp3) is 0.684. The quantitative estimate of drug-likeness (QED) is 0.898. The van der Waals surface area contributed by atoms with Crippen molar-refractivity contribution in [2.24, 2.45) is 17.6 Å². The summed E-state index contributed by atoms with van der Waals surface area (Å²) in [6, 6.07) is 11.5. The van der Waals surface area contributed by atoms with Crippen molar-refractivity contribution in [1.82, 2.24) is 4.90 Å². The number of hydrogen-bond acceptors (Lipinski definition) is 2. The van der Waals surface area contributed by atoms with Gasteiger partial charge in [-0.05, 0) is 75.6 Å². The van der Waals surface area contributed by atoms with Gasteiger partial charge in [0.05, 0.1) is 0 Å². The lowest BCUT2D eigenvalue weighted by Crippen LogP contribution is -2.37. The standard InChI is InChI=1S/C19H30N2/c20-19-8-4-7-18(19)11-14-21-12-9-17(10-13-21)15-16-5-2-1-3-6-16/h1-3,5-6,17-19H,4,7-15,20H2. The van der Waals surface area contributed by atoms with E-state index in [1.165, 1.54) is 70.1 Å². The number of hydrogen-bond donors (Lipinski definition) is 1. The first-order chi connectivity index (χ1) is 10.3. The molecule has 0 aromatic heterocycles. The molecule has 1 saturated carbocycles. The zero-order valence-corrected chi connectivity index (χ0v) is 13.2. The Morgan fingerprint density at radius 1 is 1.00 bits per heavy atom. The molecule has 2 N–H and O–H groups in total. The van der Waals surface area contributed by atoms with Crippen LogP contribution in [0.5, 0.6) is 0 Å². The summed E-state index contributed by atoms with van der Waals surface area (Å²) in [7, 11) is 0. The lowest BCUT2D eigenvalue weighted by Gasteiger charge is -2.33. The van der Waals surface area contributed by atoms with Gasteiger partial charge in [0.1, 0.15) is 0 Å². The van der Waals surface area contributed by atoms with E-state index in [1.807, 2.05) is 0 Å². The first kappa shape index (κ1) is 15.1. The average Bonchev–Trinajstić information content (AvgIpc) is 2.93. The van der Waals surface area contributed by atoms with E-state index in [1.54, 1.807) is 0 Å². The molecule has 1 aliphatic heterocycles. The van der Waals surface area contributed by atoms with Gasteiger partial charge in [-0.25, -0.2) is 0 Å². The normalized spacial score (nSPS) is 28.0. The monoisotopic (exact) mass is 286 g/mol. The van der Waals surface area contributed by atoms with Crippen molar-refractivity contribution in [3.05, 3.63) is 35.9 Å². The predicted octanol–water partition coefficient (Wildman–Crippen LogP) is 3.46. The smallest absolute Gasteiger partial charge is 0.00676 e. The largest absolute Gasteiger partial charge is 0.327 e. The number of benzene rings is 1. The second kappa shape index (κ2) is 7.42. The highest BCUT2D eigenvalue weighted by atomic mass is 15.1. The van der Waals surface area contributed by atoms with E-state index in [0.29, 0.717) is 6.04 Å². The first-order valence-corrected chi connectivity index (χ1v) is 8.83. The van der Waals surface area contributed by atoms with Gasteiger partial charge in [0.15, 0.2) is 0 Å². The van der Waals surface area contributed by atoms with Gasteiger partial charge in [-0.15, -0.1) is 0 Å². The highest BCUT2D eigenvalue weighted by Crippen LogP contribution is 2.28. The number of rotatable bonds is 5. The van der Waals surface area contributed by atoms with Crippen LogP contribution < -0.4 is 5.73 Å². The van der Waals surface area contributed by atoms with Gasteiger partial charge >= 0.3 is 0 Å². The van der Waals surface area contributed by atoms with Crippen LogP contribution in [0.2, 0.25) is 0 Å². The summed E-state index contributed by atoms with van der Waals surface area (Å²) in [6.07, 6.45) is 9.30. The Balaban J connectivity index is 1.37. The molecule has 1 aliphatic carbocycles. The fourth-order valence-corrected chi connectivity index (χ4v) is 4.13. The summed E-state index contributed by atoms with van der Waals surface area (Å²) in [6.45, 7) is 3.86. The van der Waals surface area contributed by atoms with E-state index in [2.05, 4.69) is 35.2 Å². The van der Waals surface area contributed by atoms with Crippen molar-refractivity contribution in [1.29, 1.82) is 0 Å². The van der Waals surface area contributed by atoms with E-state index in [9.17, 15) is 0 Å². The van der Waals surface area contributed by atoms with E-state index in [0.717, 1.165) is 11.8 Å². The third-order valence-corrected chi connectivity index (χ3v) is 5.61. The molecule has 2 heteroatoms. The topological polar surface area (TPSA) is 29.3 Å². The van der Waals surface area contributed by atoms with Gasteiger partial charge < -0.3 is 10.6 Å². The Bertz CT molecular complexity index is 409. The van der Waals surface area contributed by atoms with Crippen molar-refractivity contribution >= 4 is 0 Å². The molecular weight excluding hydrogens is 256 g/mol. The molecular formula is C19H30N2. The van der Waals surface area contributed by atoms with Crippen molar-refractivity contribution in [2.75, 3.05) is 19.6 Å². The molecule has 1 saturated heterocycles. The van der Waals surface area contributed by atoms with Crippen LogP contribution in [0.4, 0.5) is 0 Å². The second-order valence-electron chi connectivity index (χ2n) is 7.12. The van der Waals surface area contributed by atoms with Crippen LogP contribution in [0, 0.1) is 11.8 Å². The molecule has 1 aromatic rings. The molecule has 2 fully saturated rings. The molecule has 0 bridgehead atoms. The summed E-state index contributed by atoms with van der Waals surface area (Å²) in [5, 5.41) is 0. The van der Waals surface area contributed by atoms with Crippen LogP contribution in [0.15, 0.2) is 30.3 Å². The molecule has 2 unspecified atom stereocenters. The minimum atomic E-state index is 0.487. The minimum absolute atomic E-state index is 0.487. The Morgan fingerprint density at radius 2 is 1.76 bits per heavy atom. The third kappa shape index (κ3) is 4.31. The Morgan fingerprint density at radius 3 is 2.43 bits per heavy atom. The summed E-state index contributed by atoms with van der Waals surface area (Å²) in [5.74, 6) is 1.68. The van der Waals surface area contributed by atoms with Crippen LogP contribution >= 0.6 is 0 Å². The lowest BCUT2D eigenvalue weighted by molar-refractivity contribution is 0.172. The van der Waals surface area contributed by atoms with E-state index < -0.39 is 0 Å². The van der Waals surface area contributed by atoms with E-state index in [4.69, 9.17) is 5.73 Å². The van der Waals surface area contributed by atoms with Crippen molar-refractivity contribution in [3.8, 4) is 0 Å². The number of piperidine rings is 1. The molecule has 0 amide bonds. The molecule has 2 atom stereocenters. The van der Waals surface area contributed by atoms with Crippen LogP contribution in [0.3, 0.4) is 0 Å². The number of likely N-dealkylation sites (tertiary alicyclic amines) is 1. The van der Waals surface area contributed by atoms with Gasteiger partial charge in [-0.2, -0.15) is 0 Å². The third-order valence-electron chi connectivity index (χ3n) is 5.61. The Labute approximate surface area is 129 Å². The number of nitrogens with two attached hydrogens (primary N) is 1. The van der Waals surface area contributed by atoms with Gasteiger partial charge in [0, 0.05) is 6.04 Å². The highest BCUT2D eigenvalue weighted by molar-refractivity contribution is 5.15. The van der Waals surface area contributed by atoms with Crippen LogP contribution in [-0.2, 0) is 6.42 Å². The molecule has 1 aromatic carbocycles. The molecule has 116 valence electrons. The maximum atomic E-state index is 6.18. The molecule has 2 aliphatic rings. The summed E-state index contributed by atoms with van der Waals surface area (Å²) >= 11 is 0. The minimum Gasteiger partial charge on any atom is -0.327 e. The van der Waals surface area contributed by atoms with Crippen LogP contribution in [-0.4, -0.2) is 30.6 Å². The second-order valence-corrected chi connectivity index (χ2v) is 7.12. The van der Waals surface area contributed by atoms with Gasteiger partial charge in [-0.1, -0.05) is 36.8 Å². The zero-order valence-electron chi connectivity index (χ0n) is 13.2. The molecule has 3 rings (SSSR count). The van der Waals surface area contributed by atoms with E-state index in [-0.39, 0.29) is 0 Å². The Kier molecular flexibility index (Phi) is 5.32. The molecule has 1 heterocycles. The average molecular weight is 286 g/mol.